The minimum atomic E-state index is 0.00426. The van der Waals surface area contributed by atoms with Gasteiger partial charge in [-0.05, 0) is 19.9 Å². The summed E-state index contributed by atoms with van der Waals surface area (Å²) >= 11 is 6.01. The molecule has 0 bridgehead atoms. The predicted molar refractivity (Wildman–Crippen MR) is 66.4 cm³/mol. The summed E-state index contributed by atoms with van der Waals surface area (Å²) in [7, 11) is 0. The SMILES string of the molecule is CC(C)Nc1cc(Cl)cn(C2CNC2)c1=O. The molecule has 88 valence electrons. The maximum atomic E-state index is 12.1. The largest absolute Gasteiger partial charge is 0.378 e. The third-order valence-corrected chi connectivity index (χ3v) is 2.81. The van der Waals surface area contributed by atoms with Crippen molar-refractivity contribution >= 4 is 17.3 Å². The van der Waals surface area contributed by atoms with Gasteiger partial charge in [0.05, 0.1) is 11.1 Å². The molecule has 0 aromatic carbocycles. The van der Waals surface area contributed by atoms with Gasteiger partial charge in [-0.1, -0.05) is 11.6 Å². The van der Waals surface area contributed by atoms with Crippen molar-refractivity contribution in [2.24, 2.45) is 0 Å². The van der Waals surface area contributed by atoms with Crippen LogP contribution in [0.4, 0.5) is 5.69 Å². The fourth-order valence-electron chi connectivity index (χ4n) is 1.72. The zero-order valence-electron chi connectivity index (χ0n) is 9.46. The van der Waals surface area contributed by atoms with Crippen LogP contribution in [0.2, 0.25) is 5.02 Å². The van der Waals surface area contributed by atoms with E-state index in [0.717, 1.165) is 13.1 Å². The number of nitrogens with one attached hydrogen (secondary N) is 2. The smallest absolute Gasteiger partial charge is 0.274 e. The number of nitrogens with zero attached hydrogens (tertiary/aromatic N) is 1. The second-order valence-corrected chi connectivity index (χ2v) is 4.83. The van der Waals surface area contributed by atoms with Crippen LogP contribution in [-0.4, -0.2) is 23.7 Å². The molecule has 0 spiro atoms. The van der Waals surface area contributed by atoms with E-state index in [1.165, 1.54) is 0 Å². The lowest BCUT2D eigenvalue weighted by molar-refractivity contribution is 0.336. The fourth-order valence-corrected chi connectivity index (χ4v) is 1.94. The third kappa shape index (κ3) is 2.23. The van der Waals surface area contributed by atoms with Gasteiger partial charge in [-0.2, -0.15) is 0 Å². The first-order valence-corrected chi connectivity index (χ1v) is 5.84. The van der Waals surface area contributed by atoms with E-state index in [2.05, 4.69) is 10.6 Å². The van der Waals surface area contributed by atoms with Crippen molar-refractivity contribution in [1.29, 1.82) is 0 Å². The van der Waals surface area contributed by atoms with E-state index >= 15 is 0 Å². The second kappa shape index (κ2) is 4.47. The van der Waals surface area contributed by atoms with E-state index in [1.54, 1.807) is 16.8 Å². The van der Waals surface area contributed by atoms with E-state index < -0.39 is 0 Å². The first-order valence-electron chi connectivity index (χ1n) is 5.47. The third-order valence-electron chi connectivity index (χ3n) is 2.61. The van der Waals surface area contributed by atoms with Crippen molar-refractivity contribution < 1.29 is 0 Å². The maximum Gasteiger partial charge on any atom is 0.274 e. The van der Waals surface area contributed by atoms with Gasteiger partial charge in [0.15, 0.2) is 0 Å². The first kappa shape index (κ1) is 11.5. The van der Waals surface area contributed by atoms with E-state index in [1.807, 2.05) is 13.8 Å². The lowest BCUT2D eigenvalue weighted by Gasteiger charge is -2.29. The zero-order valence-corrected chi connectivity index (χ0v) is 10.2. The van der Waals surface area contributed by atoms with E-state index in [-0.39, 0.29) is 17.6 Å². The van der Waals surface area contributed by atoms with E-state index in [9.17, 15) is 4.79 Å². The Morgan fingerprint density at radius 3 is 2.75 bits per heavy atom. The quantitative estimate of drug-likeness (QED) is 0.843. The average molecular weight is 242 g/mol. The highest BCUT2D eigenvalue weighted by molar-refractivity contribution is 6.30. The molecule has 1 aromatic heterocycles. The summed E-state index contributed by atoms with van der Waals surface area (Å²) in [6.07, 6.45) is 1.71. The first-order chi connectivity index (χ1) is 7.58. The van der Waals surface area contributed by atoms with Gasteiger partial charge >= 0.3 is 0 Å². The van der Waals surface area contributed by atoms with E-state index in [4.69, 9.17) is 11.6 Å². The summed E-state index contributed by atoms with van der Waals surface area (Å²) in [5.41, 5.74) is 0.582. The van der Waals surface area contributed by atoms with Gasteiger partial charge < -0.3 is 15.2 Å². The van der Waals surface area contributed by atoms with Crippen LogP contribution in [0.5, 0.6) is 0 Å². The summed E-state index contributed by atoms with van der Waals surface area (Å²) in [4.78, 5) is 12.1. The molecule has 0 radical (unpaired) electrons. The monoisotopic (exact) mass is 241 g/mol. The summed E-state index contributed by atoms with van der Waals surface area (Å²) in [6.45, 7) is 5.66. The van der Waals surface area contributed by atoms with Crippen molar-refractivity contribution in [1.82, 2.24) is 9.88 Å². The summed E-state index contributed by atoms with van der Waals surface area (Å²) in [6, 6.07) is 2.14. The molecule has 0 atom stereocenters. The molecule has 0 saturated carbocycles. The standard InChI is InChI=1S/C11H16ClN3O/c1-7(2)14-10-3-8(12)6-15(11(10)16)9-4-13-5-9/h3,6-7,9,13-14H,4-5H2,1-2H3. The van der Waals surface area contributed by atoms with Crippen molar-refractivity contribution in [2.75, 3.05) is 18.4 Å². The Morgan fingerprint density at radius 2 is 2.25 bits per heavy atom. The molecule has 2 rings (SSSR count). The van der Waals surface area contributed by atoms with Gasteiger partial charge in [-0.25, -0.2) is 0 Å². The van der Waals surface area contributed by atoms with Crippen LogP contribution in [0, 0.1) is 0 Å². The summed E-state index contributed by atoms with van der Waals surface area (Å²) < 4.78 is 1.71. The van der Waals surface area contributed by atoms with Crippen molar-refractivity contribution in [2.45, 2.75) is 25.9 Å². The molecule has 2 heterocycles. The van der Waals surface area contributed by atoms with Gasteiger partial charge in [0, 0.05) is 25.3 Å². The van der Waals surface area contributed by atoms with Crippen LogP contribution in [0.1, 0.15) is 19.9 Å². The minimum absolute atomic E-state index is 0.00426. The molecule has 0 unspecified atom stereocenters. The molecule has 1 aliphatic heterocycles. The molecule has 1 aliphatic rings. The average Bonchev–Trinajstić information content (AvgIpc) is 2.09. The van der Waals surface area contributed by atoms with Gasteiger partial charge in [0.1, 0.15) is 5.69 Å². The van der Waals surface area contributed by atoms with Gasteiger partial charge in [-0.15, -0.1) is 0 Å². The Kier molecular flexibility index (Phi) is 3.21. The molecular formula is C11H16ClN3O. The maximum absolute atomic E-state index is 12.1. The Labute approximate surface area is 99.6 Å². The molecule has 5 heteroatoms. The molecular weight excluding hydrogens is 226 g/mol. The lowest BCUT2D eigenvalue weighted by atomic mass is 10.1. The molecule has 1 aromatic rings. The Bertz CT molecular complexity index is 437. The molecule has 1 saturated heterocycles. The normalized spacial score (nSPS) is 16.2. The highest BCUT2D eigenvalue weighted by Crippen LogP contribution is 2.16. The Hall–Kier alpha value is -1.00. The number of hydrogen-bond acceptors (Lipinski definition) is 3. The predicted octanol–water partition coefficient (Wildman–Crippen LogP) is 1.47. The van der Waals surface area contributed by atoms with Crippen LogP contribution < -0.4 is 16.2 Å². The number of pyridine rings is 1. The van der Waals surface area contributed by atoms with Crippen molar-refractivity contribution in [3.63, 3.8) is 0 Å². The van der Waals surface area contributed by atoms with E-state index in [0.29, 0.717) is 10.7 Å². The number of rotatable bonds is 3. The summed E-state index contributed by atoms with van der Waals surface area (Å²) in [5.74, 6) is 0. The summed E-state index contributed by atoms with van der Waals surface area (Å²) in [5, 5.41) is 6.85. The molecule has 0 aliphatic carbocycles. The lowest BCUT2D eigenvalue weighted by Crippen LogP contribution is -2.47. The van der Waals surface area contributed by atoms with Crippen LogP contribution in [0.3, 0.4) is 0 Å². The van der Waals surface area contributed by atoms with Crippen LogP contribution in [0.15, 0.2) is 17.1 Å². The molecule has 0 amide bonds. The van der Waals surface area contributed by atoms with Gasteiger partial charge in [0.25, 0.3) is 5.56 Å². The zero-order chi connectivity index (χ0) is 11.7. The number of halogens is 1. The van der Waals surface area contributed by atoms with Gasteiger partial charge in [-0.3, -0.25) is 4.79 Å². The van der Waals surface area contributed by atoms with Gasteiger partial charge in [0.2, 0.25) is 0 Å². The van der Waals surface area contributed by atoms with Crippen LogP contribution >= 0.6 is 11.6 Å². The molecule has 2 N–H and O–H groups in total. The van der Waals surface area contributed by atoms with Crippen LogP contribution in [0.25, 0.3) is 0 Å². The molecule has 1 fully saturated rings. The Morgan fingerprint density at radius 1 is 1.56 bits per heavy atom. The fraction of sp³-hybridized carbons (Fsp3) is 0.545. The number of aromatic nitrogens is 1. The number of hydrogen-bond donors (Lipinski definition) is 2. The molecule has 16 heavy (non-hydrogen) atoms. The Balaban J connectivity index is 2.37. The highest BCUT2D eigenvalue weighted by atomic mass is 35.5. The second-order valence-electron chi connectivity index (χ2n) is 4.40. The molecule has 4 nitrogen and oxygen atoms in total. The number of anilines is 1. The topological polar surface area (TPSA) is 46.1 Å². The van der Waals surface area contributed by atoms with Crippen molar-refractivity contribution in [3.8, 4) is 0 Å². The highest BCUT2D eigenvalue weighted by Gasteiger charge is 2.21. The van der Waals surface area contributed by atoms with Crippen LogP contribution in [-0.2, 0) is 0 Å². The minimum Gasteiger partial charge on any atom is -0.378 e. The van der Waals surface area contributed by atoms with Crippen molar-refractivity contribution in [3.05, 3.63) is 27.6 Å².